The van der Waals surface area contributed by atoms with Crippen molar-refractivity contribution in [3.63, 3.8) is 0 Å². The normalized spacial score (nSPS) is 15.3. The second-order valence-corrected chi connectivity index (χ2v) is 4.86. The van der Waals surface area contributed by atoms with Crippen LogP contribution in [-0.2, 0) is 29.6 Å². The molecule has 0 atom stereocenters. The standard InChI is InChI=1S/C8H12.2C2H3N.CHF3O3S.Rh/c1-2-4-6-8-7-5-3-1;2*1-2-3;2-1(3,4)8(5,6)7;/h1-4H,5-8H2;2*1H3;(H,5,6,7);/q;;;;+1/p-1/b3-1-,4-2-;;;;. The fraction of sp³-hybridized carbons (Fsp3) is 0.538. The number of allylic oxidation sites excluding steroid dienone is 4. The van der Waals surface area contributed by atoms with Gasteiger partial charge in [-0.3, -0.25) is 0 Å². The van der Waals surface area contributed by atoms with Crippen LogP contribution in [0.3, 0.4) is 0 Å². The molecular weight excluding hydrogens is 424 g/mol. The van der Waals surface area contributed by atoms with Crippen molar-refractivity contribution in [3.05, 3.63) is 24.3 Å². The van der Waals surface area contributed by atoms with Crippen LogP contribution in [0.2, 0.25) is 0 Å². The minimum Gasteiger partial charge on any atom is -0.741 e. The zero-order chi connectivity index (χ0) is 18.1. The Morgan fingerprint density at radius 3 is 1.39 bits per heavy atom. The van der Waals surface area contributed by atoms with Crippen LogP contribution >= 0.6 is 0 Å². The van der Waals surface area contributed by atoms with E-state index in [1.165, 1.54) is 39.5 Å². The molecule has 5 nitrogen and oxygen atoms in total. The Balaban J connectivity index is -0.000000114. The van der Waals surface area contributed by atoms with E-state index in [0.29, 0.717) is 0 Å². The summed E-state index contributed by atoms with van der Waals surface area (Å²) in [4.78, 5) is 0. The Morgan fingerprint density at radius 2 is 1.22 bits per heavy atom. The number of nitriles is 2. The van der Waals surface area contributed by atoms with Gasteiger partial charge < -0.3 is 4.55 Å². The summed E-state index contributed by atoms with van der Waals surface area (Å²) < 4.78 is 58.9. The van der Waals surface area contributed by atoms with Crippen molar-refractivity contribution in [2.24, 2.45) is 0 Å². The topological polar surface area (TPSA) is 105 Å². The van der Waals surface area contributed by atoms with Crippen molar-refractivity contribution in [2.75, 3.05) is 0 Å². The molecule has 134 valence electrons. The van der Waals surface area contributed by atoms with Crippen molar-refractivity contribution in [2.45, 2.75) is 45.0 Å². The van der Waals surface area contributed by atoms with Crippen LogP contribution in [0.4, 0.5) is 13.2 Å². The Hall–Kier alpha value is -1.22. The van der Waals surface area contributed by atoms with Crippen molar-refractivity contribution in [1.82, 2.24) is 0 Å². The van der Waals surface area contributed by atoms with Gasteiger partial charge in [-0.05, 0) is 25.7 Å². The van der Waals surface area contributed by atoms with Crippen molar-refractivity contribution < 1.29 is 45.6 Å². The molecule has 0 aromatic heterocycles. The van der Waals surface area contributed by atoms with E-state index in [1.807, 2.05) is 0 Å². The van der Waals surface area contributed by atoms with Gasteiger partial charge in [-0.15, -0.1) is 0 Å². The first-order valence-electron chi connectivity index (χ1n) is 6.03. The molecule has 0 radical (unpaired) electrons. The SMILES string of the molecule is C1=C\CCCC\C=C/1.CC#N.CC#N.O=S(=O)([O-])C(F)(F)F.[Rh+]. The molecule has 0 N–H and O–H groups in total. The van der Waals surface area contributed by atoms with Gasteiger partial charge in [0, 0.05) is 13.8 Å². The Morgan fingerprint density at radius 1 is 1.00 bits per heavy atom. The van der Waals surface area contributed by atoms with E-state index in [-0.39, 0.29) is 19.5 Å². The van der Waals surface area contributed by atoms with E-state index in [0.717, 1.165) is 0 Å². The molecule has 1 aliphatic rings. The summed E-state index contributed by atoms with van der Waals surface area (Å²) in [5.41, 5.74) is -5.65. The predicted octanol–water partition coefficient (Wildman–Crippen LogP) is 3.78. The summed E-state index contributed by atoms with van der Waals surface area (Å²) in [6.07, 6.45) is 14.0. The average Bonchev–Trinajstić information content (AvgIpc) is 2.27. The molecule has 0 spiro atoms. The van der Waals surface area contributed by atoms with E-state index in [9.17, 15) is 13.2 Å². The summed E-state index contributed by atoms with van der Waals surface area (Å²) in [6.45, 7) is 2.86. The van der Waals surface area contributed by atoms with E-state index in [1.54, 1.807) is 12.1 Å². The Labute approximate surface area is 148 Å². The number of halogens is 3. The molecule has 0 amide bonds. The van der Waals surface area contributed by atoms with Gasteiger partial charge in [0.1, 0.15) is 0 Å². The molecule has 1 rings (SSSR count). The molecule has 0 heterocycles. The van der Waals surface area contributed by atoms with Crippen molar-refractivity contribution in [1.29, 1.82) is 10.5 Å². The fourth-order valence-corrected chi connectivity index (χ4v) is 0.874. The third-order valence-electron chi connectivity index (χ3n) is 1.66. The van der Waals surface area contributed by atoms with Crippen LogP contribution in [0, 0.1) is 22.7 Å². The minimum absolute atomic E-state index is 0. The molecule has 0 aromatic carbocycles. The predicted molar refractivity (Wildman–Crippen MR) is 75.1 cm³/mol. The first-order chi connectivity index (χ1) is 10.1. The molecule has 0 bridgehead atoms. The molecule has 0 saturated carbocycles. The van der Waals surface area contributed by atoms with Gasteiger partial charge in [-0.1, -0.05) is 24.3 Å². The van der Waals surface area contributed by atoms with E-state index < -0.39 is 15.6 Å². The first-order valence-corrected chi connectivity index (χ1v) is 7.44. The summed E-state index contributed by atoms with van der Waals surface area (Å²) >= 11 is 0. The molecule has 23 heavy (non-hydrogen) atoms. The molecule has 0 unspecified atom stereocenters. The van der Waals surface area contributed by atoms with Gasteiger partial charge in [0.2, 0.25) is 0 Å². The summed E-state index contributed by atoms with van der Waals surface area (Å²) in [7, 11) is -6.09. The van der Waals surface area contributed by atoms with Gasteiger partial charge in [0.05, 0.1) is 12.1 Å². The monoisotopic (exact) mass is 442 g/mol. The molecule has 0 aromatic rings. The number of alkyl halides is 3. The third-order valence-corrected chi connectivity index (χ3v) is 2.23. The maximum Gasteiger partial charge on any atom is 1.00 e. The number of hydrogen-bond acceptors (Lipinski definition) is 5. The third kappa shape index (κ3) is 29.4. The van der Waals surface area contributed by atoms with Crippen molar-refractivity contribution >= 4 is 10.1 Å². The van der Waals surface area contributed by atoms with Crippen LogP contribution in [-0.4, -0.2) is 18.5 Å². The van der Waals surface area contributed by atoms with Crippen LogP contribution in [0.25, 0.3) is 0 Å². The summed E-state index contributed by atoms with van der Waals surface area (Å²) in [5.74, 6) is 0. The van der Waals surface area contributed by atoms with E-state index in [4.69, 9.17) is 23.5 Å². The number of hydrogen-bond donors (Lipinski definition) is 0. The summed E-state index contributed by atoms with van der Waals surface area (Å²) in [5, 5.41) is 14.6. The van der Waals surface area contributed by atoms with Crippen LogP contribution in [0.5, 0.6) is 0 Å². The fourth-order valence-electron chi connectivity index (χ4n) is 0.874. The van der Waals surface area contributed by atoms with E-state index in [2.05, 4.69) is 24.3 Å². The molecular formula is C13H18F3N2O3RhS. The quantitative estimate of drug-likeness (QED) is 0.323. The molecule has 0 aliphatic heterocycles. The summed E-state index contributed by atoms with van der Waals surface area (Å²) in [6, 6.07) is 3.50. The van der Waals surface area contributed by atoms with Gasteiger partial charge >= 0.3 is 25.0 Å². The maximum absolute atomic E-state index is 10.7. The van der Waals surface area contributed by atoms with Gasteiger partial charge in [-0.25, -0.2) is 8.42 Å². The molecule has 0 fully saturated rings. The van der Waals surface area contributed by atoms with Crippen LogP contribution in [0.1, 0.15) is 39.5 Å². The van der Waals surface area contributed by atoms with Crippen LogP contribution in [0.15, 0.2) is 24.3 Å². The van der Waals surface area contributed by atoms with Gasteiger partial charge in [-0.2, -0.15) is 23.7 Å². The zero-order valence-corrected chi connectivity index (χ0v) is 15.1. The minimum atomic E-state index is -6.09. The second-order valence-electron chi connectivity index (χ2n) is 3.49. The largest absolute Gasteiger partial charge is 1.00 e. The smallest absolute Gasteiger partial charge is 0.741 e. The molecule has 0 saturated heterocycles. The van der Waals surface area contributed by atoms with Crippen LogP contribution < -0.4 is 0 Å². The van der Waals surface area contributed by atoms with Gasteiger partial charge in [0.15, 0.2) is 10.1 Å². The number of nitrogens with zero attached hydrogens (tertiary/aromatic N) is 2. The Bertz CT molecular complexity index is 478. The second kappa shape index (κ2) is 18.8. The molecule has 1 aliphatic carbocycles. The Kier molecular flexibility index (Phi) is 24.4. The number of rotatable bonds is 0. The average molecular weight is 442 g/mol. The molecule has 10 heteroatoms. The zero-order valence-electron chi connectivity index (χ0n) is 12.6. The van der Waals surface area contributed by atoms with Gasteiger partial charge in [0.25, 0.3) is 0 Å². The maximum atomic E-state index is 10.7. The van der Waals surface area contributed by atoms with Crippen molar-refractivity contribution in [3.8, 4) is 12.1 Å². The first kappa shape index (κ1) is 29.8. The van der Waals surface area contributed by atoms with E-state index >= 15 is 0 Å².